The van der Waals surface area contributed by atoms with Crippen LogP contribution in [-0.2, 0) is 0 Å². The summed E-state index contributed by atoms with van der Waals surface area (Å²) in [4.78, 5) is 2.67. The standard InChI is InChI=1S/C38H27NS/c1-3-30-33-22-28(17-20-36(33)40-37-14-8-9-24(2)38(30)37)25-15-18-29(19-16-25)39-34-13-7-6-12-31(34)32-21-26-10-4-5-11-27(26)23-35(32)39/h3-23H,1-2H3/b30-3-. The van der Waals surface area contributed by atoms with Crippen molar-refractivity contribution in [3.63, 3.8) is 0 Å². The summed E-state index contributed by atoms with van der Waals surface area (Å²) in [6.45, 7) is 4.37. The van der Waals surface area contributed by atoms with Gasteiger partial charge in [-0.3, -0.25) is 0 Å². The van der Waals surface area contributed by atoms with E-state index in [9.17, 15) is 0 Å². The SMILES string of the molecule is C/C=C1/c2cc(-c3ccc(-n4c5ccccc5c5cc6ccccc6cc54)cc3)ccc2Sc2cccc(C)c21. The summed E-state index contributed by atoms with van der Waals surface area (Å²) in [6, 6.07) is 44.6. The molecule has 1 aliphatic heterocycles. The van der Waals surface area contributed by atoms with E-state index in [0.29, 0.717) is 0 Å². The van der Waals surface area contributed by atoms with Crippen LogP contribution in [0.3, 0.4) is 0 Å². The zero-order chi connectivity index (χ0) is 26.8. The van der Waals surface area contributed by atoms with Crippen molar-refractivity contribution in [3.8, 4) is 16.8 Å². The number of fused-ring (bicyclic) bond motifs is 6. The topological polar surface area (TPSA) is 4.93 Å². The van der Waals surface area contributed by atoms with E-state index in [2.05, 4.69) is 146 Å². The summed E-state index contributed by atoms with van der Waals surface area (Å²) >= 11 is 1.88. The van der Waals surface area contributed by atoms with Gasteiger partial charge in [0, 0.05) is 26.3 Å². The molecular weight excluding hydrogens is 502 g/mol. The number of aryl methyl sites for hydroxylation is 1. The Hall–Kier alpha value is -4.53. The van der Waals surface area contributed by atoms with E-state index < -0.39 is 0 Å². The number of rotatable bonds is 2. The molecule has 190 valence electrons. The highest BCUT2D eigenvalue weighted by Gasteiger charge is 2.22. The van der Waals surface area contributed by atoms with Crippen LogP contribution in [0.25, 0.3) is 55.0 Å². The first kappa shape index (κ1) is 23.4. The van der Waals surface area contributed by atoms with Gasteiger partial charge in [-0.25, -0.2) is 0 Å². The molecule has 0 saturated heterocycles. The maximum Gasteiger partial charge on any atom is 0.0547 e. The molecule has 8 rings (SSSR count). The lowest BCUT2D eigenvalue weighted by Crippen LogP contribution is -2.01. The number of hydrogen-bond donors (Lipinski definition) is 0. The average Bonchev–Trinajstić information content (AvgIpc) is 3.32. The van der Waals surface area contributed by atoms with Crippen LogP contribution in [0.2, 0.25) is 0 Å². The third-order valence-electron chi connectivity index (χ3n) is 8.28. The second kappa shape index (κ2) is 9.01. The van der Waals surface area contributed by atoms with Crippen LogP contribution in [0.4, 0.5) is 0 Å². The van der Waals surface area contributed by atoms with E-state index in [1.807, 2.05) is 11.8 Å². The fourth-order valence-corrected chi connectivity index (χ4v) is 7.54. The molecule has 0 atom stereocenters. The van der Waals surface area contributed by atoms with Crippen molar-refractivity contribution < 1.29 is 0 Å². The fourth-order valence-electron chi connectivity index (χ4n) is 6.37. The highest BCUT2D eigenvalue weighted by atomic mass is 32.2. The first-order valence-electron chi connectivity index (χ1n) is 13.8. The summed E-state index contributed by atoms with van der Waals surface area (Å²) in [6.07, 6.45) is 2.27. The van der Waals surface area contributed by atoms with Crippen molar-refractivity contribution in [2.24, 2.45) is 0 Å². The Bertz CT molecular complexity index is 2140. The van der Waals surface area contributed by atoms with Gasteiger partial charge in [0.1, 0.15) is 0 Å². The smallest absolute Gasteiger partial charge is 0.0547 e. The predicted octanol–water partition coefficient (Wildman–Crippen LogP) is 10.8. The normalized spacial score (nSPS) is 13.7. The van der Waals surface area contributed by atoms with Crippen molar-refractivity contribution in [1.82, 2.24) is 4.57 Å². The fraction of sp³-hybridized carbons (Fsp3) is 0.0526. The first-order valence-corrected chi connectivity index (χ1v) is 14.6. The van der Waals surface area contributed by atoms with Gasteiger partial charge in [-0.15, -0.1) is 0 Å². The Labute approximate surface area is 238 Å². The van der Waals surface area contributed by atoms with E-state index >= 15 is 0 Å². The zero-order valence-electron chi connectivity index (χ0n) is 22.5. The lowest BCUT2D eigenvalue weighted by atomic mass is 9.91. The second-order valence-corrected chi connectivity index (χ2v) is 11.7. The van der Waals surface area contributed by atoms with Crippen molar-refractivity contribution in [2.75, 3.05) is 0 Å². The van der Waals surface area contributed by atoms with Crippen molar-refractivity contribution >= 4 is 49.9 Å². The molecule has 0 amide bonds. The number of benzene rings is 6. The number of nitrogens with zero attached hydrogens (tertiary/aromatic N) is 1. The minimum atomic E-state index is 1.18. The van der Waals surface area contributed by atoms with Gasteiger partial charge in [0.25, 0.3) is 0 Å². The summed E-state index contributed by atoms with van der Waals surface area (Å²) in [7, 11) is 0. The van der Waals surface area contributed by atoms with E-state index in [0.717, 1.165) is 0 Å². The Morgan fingerprint density at radius 1 is 0.600 bits per heavy atom. The molecular formula is C38H27NS. The molecule has 1 aromatic heterocycles. The number of allylic oxidation sites excluding steroid dienone is 1. The summed E-state index contributed by atoms with van der Waals surface area (Å²) in [5.74, 6) is 0. The van der Waals surface area contributed by atoms with E-state index in [-0.39, 0.29) is 0 Å². The Balaban J connectivity index is 1.24. The summed E-state index contributed by atoms with van der Waals surface area (Å²) in [5, 5.41) is 5.12. The van der Waals surface area contributed by atoms with Gasteiger partial charge in [-0.1, -0.05) is 90.6 Å². The van der Waals surface area contributed by atoms with Crippen LogP contribution < -0.4 is 0 Å². The van der Waals surface area contributed by atoms with Gasteiger partial charge < -0.3 is 4.57 Å². The number of hydrogen-bond acceptors (Lipinski definition) is 1. The third-order valence-corrected chi connectivity index (χ3v) is 9.42. The van der Waals surface area contributed by atoms with Crippen LogP contribution in [-0.4, -0.2) is 4.57 Å². The molecule has 0 N–H and O–H groups in total. The van der Waals surface area contributed by atoms with Gasteiger partial charge in [0.05, 0.1) is 11.0 Å². The lowest BCUT2D eigenvalue weighted by Gasteiger charge is -2.24. The van der Waals surface area contributed by atoms with Gasteiger partial charge in [-0.05, 0) is 107 Å². The van der Waals surface area contributed by atoms with E-state index in [1.165, 1.54) is 81.4 Å². The maximum absolute atomic E-state index is 2.40. The Kier molecular flexibility index (Phi) is 5.26. The molecule has 0 fully saturated rings. The number of para-hydroxylation sites is 1. The highest BCUT2D eigenvalue weighted by Crippen LogP contribution is 2.47. The highest BCUT2D eigenvalue weighted by molar-refractivity contribution is 7.99. The molecule has 0 radical (unpaired) electrons. The molecule has 2 heterocycles. The van der Waals surface area contributed by atoms with Crippen LogP contribution >= 0.6 is 11.8 Å². The Morgan fingerprint density at radius 3 is 2.17 bits per heavy atom. The van der Waals surface area contributed by atoms with Crippen LogP contribution in [0.15, 0.2) is 137 Å². The Morgan fingerprint density at radius 2 is 1.35 bits per heavy atom. The van der Waals surface area contributed by atoms with Gasteiger partial charge >= 0.3 is 0 Å². The van der Waals surface area contributed by atoms with Crippen molar-refractivity contribution in [2.45, 2.75) is 23.6 Å². The molecule has 1 aliphatic rings. The molecule has 1 nitrogen and oxygen atoms in total. The quantitative estimate of drug-likeness (QED) is 0.216. The minimum Gasteiger partial charge on any atom is -0.309 e. The monoisotopic (exact) mass is 529 g/mol. The molecule has 6 aromatic carbocycles. The van der Waals surface area contributed by atoms with Crippen molar-refractivity contribution in [3.05, 3.63) is 144 Å². The molecule has 0 saturated carbocycles. The minimum absolute atomic E-state index is 1.18. The van der Waals surface area contributed by atoms with Crippen LogP contribution in [0.5, 0.6) is 0 Å². The second-order valence-electron chi connectivity index (χ2n) is 10.6. The third kappa shape index (κ3) is 3.50. The molecule has 0 unspecified atom stereocenters. The average molecular weight is 530 g/mol. The van der Waals surface area contributed by atoms with Crippen molar-refractivity contribution in [1.29, 1.82) is 0 Å². The predicted molar refractivity (Wildman–Crippen MR) is 172 cm³/mol. The number of aromatic nitrogens is 1. The maximum atomic E-state index is 2.40. The van der Waals surface area contributed by atoms with Gasteiger partial charge in [0.15, 0.2) is 0 Å². The molecule has 0 aliphatic carbocycles. The van der Waals surface area contributed by atoms with Crippen LogP contribution in [0.1, 0.15) is 23.6 Å². The first-order chi connectivity index (χ1) is 19.7. The summed E-state index contributed by atoms with van der Waals surface area (Å²) in [5.41, 5.74) is 11.5. The molecule has 40 heavy (non-hydrogen) atoms. The van der Waals surface area contributed by atoms with Gasteiger partial charge in [-0.2, -0.15) is 0 Å². The summed E-state index contributed by atoms with van der Waals surface area (Å²) < 4.78 is 2.40. The lowest BCUT2D eigenvalue weighted by molar-refractivity contribution is 1.18. The largest absolute Gasteiger partial charge is 0.309 e. The zero-order valence-corrected chi connectivity index (χ0v) is 23.3. The van der Waals surface area contributed by atoms with E-state index in [4.69, 9.17) is 0 Å². The molecule has 0 spiro atoms. The molecule has 7 aromatic rings. The van der Waals surface area contributed by atoms with Gasteiger partial charge in [0.2, 0.25) is 0 Å². The van der Waals surface area contributed by atoms with Crippen LogP contribution in [0, 0.1) is 6.92 Å². The molecule has 0 bridgehead atoms. The molecule has 2 heteroatoms. The van der Waals surface area contributed by atoms with E-state index in [1.54, 1.807) is 0 Å².